The Balaban J connectivity index is 1.74. The molecule has 1 aromatic carbocycles. The highest BCUT2D eigenvalue weighted by Gasteiger charge is 2.03. The molecule has 0 unspecified atom stereocenters. The summed E-state index contributed by atoms with van der Waals surface area (Å²) < 4.78 is 3.04. The predicted molar refractivity (Wildman–Crippen MR) is 91.2 cm³/mol. The van der Waals surface area contributed by atoms with Crippen LogP contribution in [0.4, 0.5) is 0 Å². The third-order valence-corrected chi connectivity index (χ3v) is 4.70. The van der Waals surface area contributed by atoms with Gasteiger partial charge in [0.1, 0.15) is 0 Å². The first-order valence-electron chi connectivity index (χ1n) is 6.42. The van der Waals surface area contributed by atoms with Crippen LogP contribution in [0, 0.1) is 0 Å². The highest BCUT2D eigenvalue weighted by atomic mass is 79.9. The Labute approximate surface area is 135 Å². The Morgan fingerprint density at radius 3 is 2.48 bits per heavy atom. The van der Waals surface area contributed by atoms with Crippen molar-refractivity contribution in [2.45, 2.75) is 0 Å². The lowest BCUT2D eigenvalue weighted by Gasteiger charge is -2.03. The van der Waals surface area contributed by atoms with E-state index in [0.717, 1.165) is 15.0 Å². The number of hydrogen-bond acceptors (Lipinski definition) is 2. The number of carbonyl (C=O) groups excluding carboxylic acids is 1. The number of hydrogen-bond donors (Lipinski definition) is 0. The second-order valence-corrected chi connectivity index (χ2v) is 6.36. The number of thiophene rings is 1. The van der Waals surface area contributed by atoms with Crippen molar-refractivity contribution in [3.05, 3.63) is 81.2 Å². The first-order chi connectivity index (χ1) is 10.2. The van der Waals surface area contributed by atoms with Gasteiger partial charge in [-0.15, -0.1) is 11.3 Å². The zero-order valence-corrected chi connectivity index (χ0v) is 13.5. The molecule has 0 radical (unpaired) electrons. The molecule has 0 saturated heterocycles. The molecule has 0 spiro atoms. The second kappa shape index (κ2) is 6.24. The van der Waals surface area contributed by atoms with E-state index in [0.29, 0.717) is 5.56 Å². The van der Waals surface area contributed by atoms with Gasteiger partial charge in [0.25, 0.3) is 0 Å². The van der Waals surface area contributed by atoms with E-state index in [9.17, 15) is 4.79 Å². The van der Waals surface area contributed by atoms with Gasteiger partial charge in [0.15, 0.2) is 5.78 Å². The molecular formula is C17H12BrNOS. The first-order valence-corrected chi connectivity index (χ1v) is 8.09. The fourth-order valence-electron chi connectivity index (χ4n) is 1.97. The third kappa shape index (κ3) is 3.40. The van der Waals surface area contributed by atoms with Crippen LogP contribution >= 0.6 is 27.3 Å². The quantitative estimate of drug-likeness (QED) is 0.464. The number of nitrogens with zero attached hydrogens (tertiary/aromatic N) is 1. The van der Waals surface area contributed by atoms with Crippen molar-refractivity contribution in [2.75, 3.05) is 0 Å². The van der Waals surface area contributed by atoms with Crippen molar-refractivity contribution in [3.63, 3.8) is 0 Å². The SMILES string of the molecule is O=C(/C=C/c1cc(Br)cs1)c1ccc(-n2cccc2)cc1. The summed E-state index contributed by atoms with van der Waals surface area (Å²) in [4.78, 5) is 13.2. The minimum absolute atomic E-state index is 0.0126. The number of allylic oxidation sites excluding steroid dienone is 1. The Kier molecular flexibility index (Phi) is 4.18. The highest BCUT2D eigenvalue weighted by Crippen LogP contribution is 2.21. The summed E-state index contributed by atoms with van der Waals surface area (Å²) in [7, 11) is 0. The zero-order valence-electron chi connectivity index (χ0n) is 11.1. The Hall–Kier alpha value is -1.91. The summed E-state index contributed by atoms with van der Waals surface area (Å²) in [5.41, 5.74) is 1.74. The van der Waals surface area contributed by atoms with E-state index in [1.165, 1.54) is 0 Å². The molecule has 0 N–H and O–H groups in total. The summed E-state index contributed by atoms with van der Waals surface area (Å²) in [6.45, 7) is 0. The van der Waals surface area contributed by atoms with Crippen LogP contribution in [0.3, 0.4) is 0 Å². The highest BCUT2D eigenvalue weighted by molar-refractivity contribution is 9.10. The maximum absolute atomic E-state index is 12.1. The van der Waals surface area contributed by atoms with Gasteiger partial charge in [-0.25, -0.2) is 0 Å². The number of carbonyl (C=O) groups is 1. The number of rotatable bonds is 4. The van der Waals surface area contributed by atoms with Crippen LogP contribution in [-0.2, 0) is 0 Å². The molecule has 0 fully saturated rings. The lowest BCUT2D eigenvalue weighted by molar-refractivity contribution is 0.104. The van der Waals surface area contributed by atoms with E-state index in [-0.39, 0.29) is 5.78 Å². The molecule has 3 aromatic rings. The predicted octanol–water partition coefficient (Wildman–Crippen LogP) is 5.20. The van der Waals surface area contributed by atoms with Gasteiger partial charge in [-0.3, -0.25) is 4.79 Å². The van der Waals surface area contributed by atoms with Crippen molar-refractivity contribution in [3.8, 4) is 5.69 Å². The Morgan fingerprint density at radius 2 is 1.86 bits per heavy atom. The maximum Gasteiger partial charge on any atom is 0.185 e. The van der Waals surface area contributed by atoms with Gasteiger partial charge in [-0.05, 0) is 70.5 Å². The summed E-state index contributed by atoms with van der Waals surface area (Å²) in [6, 6.07) is 13.5. The van der Waals surface area contributed by atoms with E-state index in [2.05, 4.69) is 15.9 Å². The lowest BCUT2D eigenvalue weighted by atomic mass is 10.1. The van der Waals surface area contributed by atoms with Gasteiger partial charge in [0.2, 0.25) is 0 Å². The van der Waals surface area contributed by atoms with Crippen molar-refractivity contribution < 1.29 is 4.79 Å². The maximum atomic E-state index is 12.1. The molecule has 21 heavy (non-hydrogen) atoms. The zero-order chi connectivity index (χ0) is 14.7. The molecule has 0 aliphatic carbocycles. The fraction of sp³-hybridized carbons (Fsp3) is 0. The normalized spacial score (nSPS) is 11.1. The van der Waals surface area contributed by atoms with Crippen LogP contribution in [-0.4, -0.2) is 10.4 Å². The molecule has 104 valence electrons. The molecule has 0 atom stereocenters. The largest absolute Gasteiger partial charge is 0.324 e. The topological polar surface area (TPSA) is 22.0 Å². The van der Waals surface area contributed by atoms with Crippen LogP contribution < -0.4 is 0 Å². The molecule has 0 saturated carbocycles. The molecule has 2 heterocycles. The number of benzene rings is 1. The summed E-state index contributed by atoms with van der Waals surface area (Å²) in [5, 5.41) is 2.00. The van der Waals surface area contributed by atoms with E-state index < -0.39 is 0 Å². The molecule has 0 aliphatic heterocycles. The molecule has 4 heteroatoms. The monoisotopic (exact) mass is 357 g/mol. The molecule has 0 bridgehead atoms. The average Bonchev–Trinajstić information content (AvgIpc) is 3.16. The number of halogens is 1. The van der Waals surface area contributed by atoms with Crippen LogP contribution in [0.1, 0.15) is 15.2 Å². The van der Waals surface area contributed by atoms with Crippen LogP contribution in [0.5, 0.6) is 0 Å². The summed E-state index contributed by atoms with van der Waals surface area (Å²) >= 11 is 5.00. The average molecular weight is 358 g/mol. The molecular weight excluding hydrogens is 346 g/mol. The van der Waals surface area contributed by atoms with Crippen molar-refractivity contribution >= 4 is 39.1 Å². The van der Waals surface area contributed by atoms with E-state index in [4.69, 9.17) is 0 Å². The van der Waals surface area contributed by atoms with Gasteiger partial charge in [0, 0.05) is 38.4 Å². The van der Waals surface area contributed by atoms with Crippen LogP contribution in [0.2, 0.25) is 0 Å². The van der Waals surface area contributed by atoms with E-state index in [1.807, 2.05) is 70.9 Å². The molecule has 3 rings (SSSR count). The number of ketones is 1. The molecule has 0 aliphatic rings. The van der Waals surface area contributed by atoms with Crippen molar-refractivity contribution in [1.29, 1.82) is 0 Å². The van der Waals surface area contributed by atoms with Crippen LogP contribution in [0.25, 0.3) is 11.8 Å². The van der Waals surface area contributed by atoms with Gasteiger partial charge >= 0.3 is 0 Å². The standard InChI is InChI=1S/C17H12BrNOS/c18-14-11-16(21-12-14)7-8-17(20)13-3-5-15(6-4-13)19-9-1-2-10-19/h1-12H/b8-7+. The summed E-state index contributed by atoms with van der Waals surface area (Å²) in [6.07, 6.45) is 7.41. The summed E-state index contributed by atoms with van der Waals surface area (Å²) in [5.74, 6) is 0.0126. The van der Waals surface area contributed by atoms with Crippen LogP contribution in [0.15, 0.2) is 70.8 Å². The lowest BCUT2D eigenvalue weighted by Crippen LogP contribution is -1.95. The van der Waals surface area contributed by atoms with E-state index in [1.54, 1.807) is 17.4 Å². The molecule has 2 nitrogen and oxygen atoms in total. The first kappa shape index (κ1) is 14.0. The minimum Gasteiger partial charge on any atom is -0.324 e. The second-order valence-electron chi connectivity index (χ2n) is 4.50. The minimum atomic E-state index is 0.0126. The van der Waals surface area contributed by atoms with Gasteiger partial charge < -0.3 is 4.57 Å². The smallest absolute Gasteiger partial charge is 0.185 e. The van der Waals surface area contributed by atoms with Crippen molar-refractivity contribution in [1.82, 2.24) is 4.57 Å². The number of aromatic nitrogens is 1. The molecule has 0 amide bonds. The third-order valence-electron chi connectivity index (χ3n) is 3.04. The van der Waals surface area contributed by atoms with Crippen molar-refractivity contribution in [2.24, 2.45) is 0 Å². The Bertz CT molecular complexity index is 769. The van der Waals surface area contributed by atoms with Gasteiger partial charge in [-0.1, -0.05) is 0 Å². The molecule has 2 aromatic heterocycles. The van der Waals surface area contributed by atoms with E-state index >= 15 is 0 Å². The Morgan fingerprint density at radius 1 is 1.14 bits per heavy atom. The van der Waals surface area contributed by atoms with Gasteiger partial charge in [0.05, 0.1) is 0 Å². The fourth-order valence-corrected chi connectivity index (χ4v) is 3.31. The van der Waals surface area contributed by atoms with Gasteiger partial charge in [-0.2, -0.15) is 0 Å².